The molecule has 116 valence electrons. The Morgan fingerprint density at radius 1 is 1.17 bits per heavy atom. The van der Waals surface area contributed by atoms with E-state index in [4.69, 9.17) is 9.15 Å². The Hall–Kier alpha value is -2.60. The maximum Gasteiger partial charge on any atom is 0.349 e. The molecule has 3 aromatic rings. The highest BCUT2D eigenvalue weighted by molar-refractivity contribution is 9.10. The van der Waals surface area contributed by atoms with Crippen molar-refractivity contribution < 1.29 is 13.9 Å². The first-order valence-corrected chi connectivity index (χ1v) is 7.55. The second kappa shape index (κ2) is 6.26. The maximum absolute atomic E-state index is 12.3. The number of benzene rings is 2. The van der Waals surface area contributed by atoms with Gasteiger partial charge in [-0.1, -0.05) is 22.0 Å². The summed E-state index contributed by atoms with van der Waals surface area (Å²) in [6.45, 7) is 0. The molecule has 0 saturated carbocycles. The first kappa shape index (κ1) is 15.3. The van der Waals surface area contributed by atoms with E-state index in [0.29, 0.717) is 22.4 Å². The molecule has 23 heavy (non-hydrogen) atoms. The van der Waals surface area contributed by atoms with Crippen molar-refractivity contribution in [1.29, 1.82) is 0 Å². The molecule has 1 N–H and O–H groups in total. The van der Waals surface area contributed by atoms with Gasteiger partial charge in [0.25, 0.3) is 5.91 Å². The lowest BCUT2D eigenvalue weighted by atomic mass is 10.1. The summed E-state index contributed by atoms with van der Waals surface area (Å²) in [6.07, 6.45) is 0. The molecule has 0 spiro atoms. The van der Waals surface area contributed by atoms with E-state index in [0.717, 1.165) is 4.47 Å². The van der Waals surface area contributed by atoms with E-state index in [1.54, 1.807) is 36.4 Å². The third-order valence-electron chi connectivity index (χ3n) is 3.27. The Morgan fingerprint density at radius 3 is 2.74 bits per heavy atom. The van der Waals surface area contributed by atoms with E-state index in [9.17, 15) is 9.59 Å². The van der Waals surface area contributed by atoms with Crippen molar-refractivity contribution in [2.75, 3.05) is 12.4 Å². The van der Waals surface area contributed by atoms with E-state index in [-0.39, 0.29) is 5.56 Å². The molecule has 0 aliphatic heterocycles. The summed E-state index contributed by atoms with van der Waals surface area (Å²) in [5, 5.41) is 3.32. The standard InChI is InChI=1S/C17H12BrNO4/c1-22-13-6-5-10-7-14(17(21)23-15(10)9-13)16(20)19-12-4-2-3-11(18)8-12/h2-9H,1H3,(H,19,20). The van der Waals surface area contributed by atoms with Gasteiger partial charge in [0.2, 0.25) is 0 Å². The van der Waals surface area contributed by atoms with Gasteiger partial charge in [-0.25, -0.2) is 4.79 Å². The predicted octanol–water partition coefficient (Wildman–Crippen LogP) is 3.82. The van der Waals surface area contributed by atoms with Gasteiger partial charge in [0.15, 0.2) is 0 Å². The van der Waals surface area contributed by atoms with E-state index in [1.165, 1.54) is 13.2 Å². The molecule has 6 heteroatoms. The van der Waals surface area contributed by atoms with Gasteiger partial charge in [-0.05, 0) is 36.4 Å². The van der Waals surface area contributed by atoms with Crippen molar-refractivity contribution in [3.8, 4) is 5.75 Å². The Labute approximate surface area is 140 Å². The maximum atomic E-state index is 12.3. The lowest BCUT2D eigenvalue weighted by Crippen LogP contribution is -2.20. The number of rotatable bonds is 3. The van der Waals surface area contributed by atoms with Crippen LogP contribution in [0.2, 0.25) is 0 Å². The van der Waals surface area contributed by atoms with Crippen molar-refractivity contribution in [2.24, 2.45) is 0 Å². The van der Waals surface area contributed by atoms with Crippen molar-refractivity contribution in [3.05, 3.63) is 69.0 Å². The highest BCUT2D eigenvalue weighted by Gasteiger charge is 2.14. The summed E-state index contributed by atoms with van der Waals surface area (Å²) in [5.41, 5.74) is 0.202. The molecular weight excluding hydrogens is 362 g/mol. The van der Waals surface area contributed by atoms with Gasteiger partial charge >= 0.3 is 5.63 Å². The zero-order chi connectivity index (χ0) is 16.4. The van der Waals surface area contributed by atoms with E-state index in [1.807, 2.05) is 6.07 Å². The van der Waals surface area contributed by atoms with Crippen LogP contribution in [-0.2, 0) is 0 Å². The minimum Gasteiger partial charge on any atom is -0.497 e. The average molecular weight is 374 g/mol. The minimum atomic E-state index is -0.696. The van der Waals surface area contributed by atoms with Crippen LogP contribution < -0.4 is 15.7 Å². The first-order valence-electron chi connectivity index (χ1n) is 6.75. The highest BCUT2D eigenvalue weighted by Crippen LogP contribution is 2.21. The smallest absolute Gasteiger partial charge is 0.349 e. The second-order valence-corrected chi connectivity index (χ2v) is 5.73. The van der Waals surface area contributed by atoms with Crippen molar-refractivity contribution >= 4 is 38.5 Å². The molecule has 0 aliphatic carbocycles. The lowest BCUT2D eigenvalue weighted by Gasteiger charge is -2.06. The number of amides is 1. The molecule has 0 atom stereocenters. The summed E-state index contributed by atoms with van der Waals surface area (Å²) in [5.74, 6) is 0.0570. The number of halogens is 1. The number of hydrogen-bond acceptors (Lipinski definition) is 4. The monoisotopic (exact) mass is 373 g/mol. The summed E-state index contributed by atoms with van der Waals surface area (Å²) in [7, 11) is 1.53. The van der Waals surface area contributed by atoms with Crippen LogP contribution in [0.4, 0.5) is 5.69 Å². The zero-order valence-corrected chi connectivity index (χ0v) is 13.7. The Balaban J connectivity index is 1.97. The van der Waals surface area contributed by atoms with E-state index in [2.05, 4.69) is 21.2 Å². The van der Waals surface area contributed by atoms with Crippen LogP contribution in [0.5, 0.6) is 5.75 Å². The largest absolute Gasteiger partial charge is 0.497 e. The minimum absolute atomic E-state index is 0.0531. The third-order valence-corrected chi connectivity index (χ3v) is 3.76. The molecule has 3 rings (SSSR count). The Kier molecular flexibility index (Phi) is 4.16. The molecule has 0 saturated heterocycles. The molecule has 0 bridgehead atoms. The summed E-state index contributed by atoms with van der Waals surface area (Å²) in [6, 6.07) is 13.7. The van der Waals surface area contributed by atoms with Gasteiger partial charge in [-0.3, -0.25) is 4.79 Å². The van der Waals surface area contributed by atoms with Crippen molar-refractivity contribution in [2.45, 2.75) is 0 Å². The van der Waals surface area contributed by atoms with E-state index >= 15 is 0 Å². The molecular formula is C17H12BrNO4. The van der Waals surface area contributed by atoms with Crippen LogP contribution in [0.25, 0.3) is 11.0 Å². The van der Waals surface area contributed by atoms with Gasteiger partial charge in [0.1, 0.15) is 16.9 Å². The number of methoxy groups -OCH3 is 1. The molecule has 1 aromatic heterocycles. The number of anilines is 1. The molecule has 0 radical (unpaired) electrons. The number of ether oxygens (including phenoxy) is 1. The molecule has 0 unspecified atom stereocenters. The molecule has 0 aliphatic rings. The summed E-state index contributed by atoms with van der Waals surface area (Å²) in [4.78, 5) is 24.4. The van der Waals surface area contributed by atoms with E-state index < -0.39 is 11.5 Å². The van der Waals surface area contributed by atoms with Crippen molar-refractivity contribution in [1.82, 2.24) is 0 Å². The fourth-order valence-corrected chi connectivity index (χ4v) is 2.54. The quantitative estimate of drug-likeness (QED) is 0.708. The lowest BCUT2D eigenvalue weighted by molar-refractivity contribution is 0.102. The Bertz CT molecular complexity index is 949. The van der Waals surface area contributed by atoms with Crippen molar-refractivity contribution in [3.63, 3.8) is 0 Å². The fourth-order valence-electron chi connectivity index (χ4n) is 2.14. The molecule has 1 heterocycles. The number of fused-ring (bicyclic) bond motifs is 1. The number of carbonyl (C=O) groups is 1. The van der Waals surface area contributed by atoms with Crippen LogP contribution in [0.3, 0.4) is 0 Å². The SMILES string of the molecule is COc1ccc2cc(C(=O)Nc3cccc(Br)c3)c(=O)oc2c1. The van der Waals surface area contributed by atoms with Crippen LogP contribution in [-0.4, -0.2) is 13.0 Å². The van der Waals surface area contributed by atoms with Crippen LogP contribution in [0.15, 0.2) is 62.2 Å². The average Bonchev–Trinajstić information content (AvgIpc) is 2.53. The summed E-state index contributed by atoms with van der Waals surface area (Å²) >= 11 is 3.33. The number of carbonyl (C=O) groups excluding carboxylic acids is 1. The number of hydrogen-bond donors (Lipinski definition) is 1. The molecule has 5 nitrogen and oxygen atoms in total. The normalized spacial score (nSPS) is 10.5. The fraction of sp³-hybridized carbons (Fsp3) is 0.0588. The van der Waals surface area contributed by atoms with Crippen LogP contribution in [0, 0.1) is 0 Å². The molecule has 0 fully saturated rings. The third kappa shape index (κ3) is 3.27. The molecule has 1 amide bonds. The van der Waals surface area contributed by atoms with Crippen LogP contribution >= 0.6 is 15.9 Å². The van der Waals surface area contributed by atoms with Gasteiger partial charge in [0.05, 0.1) is 7.11 Å². The zero-order valence-electron chi connectivity index (χ0n) is 12.1. The van der Waals surface area contributed by atoms with Crippen LogP contribution in [0.1, 0.15) is 10.4 Å². The topological polar surface area (TPSA) is 68.5 Å². The highest BCUT2D eigenvalue weighted by atomic mass is 79.9. The second-order valence-electron chi connectivity index (χ2n) is 4.82. The van der Waals surface area contributed by atoms with Gasteiger partial charge in [-0.15, -0.1) is 0 Å². The first-order chi connectivity index (χ1) is 11.1. The number of nitrogens with one attached hydrogen (secondary N) is 1. The van der Waals surface area contributed by atoms with Gasteiger partial charge in [0, 0.05) is 21.6 Å². The van der Waals surface area contributed by atoms with Gasteiger partial charge < -0.3 is 14.5 Å². The summed E-state index contributed by atoms with van der Waals surface area (Å²) < 4.78 is 11.1. The molecule has 2 aromatic carbocycles. The predicted molar refractivity (Wildman–Crippen MR) is 91.1 cm³/mol. The Morgan fingerprint density at radius 2 is 2.00 bits per heavy atom. The van der Waals surface area contributed by atoms with Gasteiger partial charge in [-0.2, -0.15) is 0 Å².